The molecule has 1 aliphatic rings. The van der Waals surface area contributed by atoms with E-state index in [1.54, 1.807) is 24.3 Å². The zero-order valence-corrected chi connectivity index (χ0v) is 12.4. The minimum Gasteiger partial charge on any atom is -0.488 e. The van der Waals surface area contributed by atoms with E-state index >= 15 is 0 Å². The lowest BCUT2D eigenvalue weighted by molar-refractivity contribution is -0.138. The number of ketones is 1. The Hall–Kier alpha value is -3.02. The van der Waals surface area contributed by atoms with Crippen LogP contribution in [0, 0.1) is 11.6 Å². The Kier molecular flexibility index (Phi) is 4.37. The van der Waals surface area contributed by atoms with Crippen LogP contribution in [0.5, 0.6) is 5.75 Å². The van der Waals surface area contributed by atoms with Crippen LogP contribution in [-0.4, -0.2) is 25.0 Å². The normalized spacial score (nSPS) is 12.7. The number of fused-ring (bicyclic) bond motifs is 1. The fourth-order valence-electron chi connectivity index (χ4n) is 2.25. The Balaban J connectivity index is 1.67. The molecule has 3 rings (SSSR count). The molecular formula is C18H12F2O4. The zero-order valence-electron chi connectivity index (χ0n) is 12.4. The maximum atomic E-state index is 13.5. The monoisotopic (exact) mass is 330 g/mol. The van der Waals surface area contributed by atoms with E-state index in [9.17, 15) is 18.4 Å². The van der Waals surface area contributed by atoms with Crippen LogP contribution in [-0.2, 0) is 9.53 Å². The molecule has 0 amide bonds. The zero-order chi connectivity index (χ0) is 17.1. The standard InChI is InChI=1S/C18H12F2O4/c19-13-5-6-15(20)14(8-13)16(21)10-24-18(22)12-7-11-3-1-2-4-17(11)23-9-12/h1-8H,9-10H2. The van der Waals surface area contributed by atoms with Crippen molar-refractivity contribution in [1.29, 1.82) is 0 Å². The second kappa shape index (κ2) is 6.62. The van der Waals surface area contributed by atoms with Gasteiger partial charge < -0.3 is 9.47 Å². The van der Waals surface area contributed by atoms with E-state index in [0.29, 0.717) is 5.75 Å². The number of benzene rings is 2. The number of para-hydroxylation sites is 1. The summed E-state index contributed by atoms with van der Waals surface area (Å²) < 4.78 is 36.9. The maximum absolute atomic E-state index is 13.5. The SMILES string of the molecule is O=C(OCC(=O)c1cc(F)ccc1F)C1=Cc2ccccc2OC1. The van der Waals surface area contributed by atoms with Crippen molar-refractivity contribution in [1.82, 2.24) is 0 Å². The number of Topliss-reactive ketones (excluding diaryl/α,β-unsaturated/α-hetero) is 1. The van der Waals surface area contributed by atoms with Crippen LogP contribution in [0.4, 0.5) is 8.78 Å². The molecule has 0 atom stereocenters. The van der Waals surface area contributed by atoms with Gasteiger partial charge in [0.1, 0.15) is 24.0 Å². The van der Waals surface area contributed by atoms with Gasteiger partial charge >= 0.3 is 5.97 Å². The number of hydrogen-bond acceptors (Lipinski definition) is 4. The van der Waals surface area contributed by atoms with Crippen LogP contribution >= 0.6 is 0 Å². The number of carbonyl (C=O) groups excluding carboxylic acids is 2. The molecular weight excluding hydrogens is 318 g/mol. The van der Waals surface area contributed by atoms with Crippen molar-refractivity contribution in [2.45, 2.75) is 0 Å². The Morgan fingerprint density at radius 3 is 2.75 bits per heavy atom. The van der Waals surface area contributed by atoms with Gasteiger partial charge in [-0.3, -0.25) is 4.79 Å². The number of halogens is 2. The van der Waals surface area contributed by atoms with Crippen molar-refractivity contribution < 1.29 is 27.8 Å². The van der Waals surface area contributed by atoms with Crippen LogP contribution in [0.15, 0.2) is 48.0 Å². The van der Waals surface area contributed by atoms with Gasteiger partial charge in [0.2, 0.25) is 5.78 Å². The molecule has 0 aliphatic carbocycles. The summed E-state index contributed by atoms with van der Waals surface area (Å²) >= 11 is 0. The molecule has 122 valence electrons. The van der Waals surface area contributed by atoms with Gasteiger partial charge in [-0.15, -0.1) is 0 Å². The molecule has 0 bridgehead atoms. The Bertz CT molecular complexity index is 843. The first kappa shape index (κ1) is 15.9. The Labute approximate surface area is 136 Å². The van der Waals surface area contributed by atoms with Crippen LogP contribution in [0.25, 0.3) is 6.08 Å². The smallest absolute Gasteiger partial charge is 0.337 e. The largest absolute Gasteiger partial charge is 0.488 e. The van der Waals surface area contributed by atoms with Gasteiger partial charge in [0.15, 0.2) is 6.61 Å². The third-order valence-corrected chi connectivity index (χ3v) is 3.46. The van der Waals surface area contributed by atoms with Crippen molar-refractivity contribution in [2.75, 3.05) is 13.2 Å². The van der Waals surface area contributed by atoms with Crippen LogP contribution in [0.1, 0.15) is 15.9 Å². The molecule has 0 fully saturated rings. The summed E-state index contributed by atoms with van der Waals surface area (Å²) in [7, 11) is 0. The molecule has 1 heterocycles. The lowest BCUT2D eigenvalue weighted by atomic mass is 10.1. The topological polar surface area (TPSA) is 52.6 Å². The average Bonchev–Trinajstić information content (AvgIpc) is 2.61. The quantitative estimate of drug-likeness (QED) is 0.638. The second-order valence-electron chi connectivity index (χ2n) is 5.12. The summed E-state index contributed by atoms with van der Waals surface area (Å²) in [5.74, 6) is -2.53. The van der Waals surface area contributed by atoms with Crippen molar-refractivity contribution >= 4 is 17.8 Å². The number of hydrogen-bond donors (Lipinski definition) is 0. The lowest BCUT2D eigenvalue weighted by Crippen LogP contribution is -2.21. The van der Waals surface area contributed by atoms with Crippen LogP contribution < -0.4 is 4.74 Å². The van der Waals surface area contributed by atoms with E-state index in [4.69, 9.17) is 9.47 Å². The first-order chi connectivity index (χ1) is 11.5. The van der Waals surface area contributed by atoms with Gasteiger partial charge in [-0.05, 0) is 30.3 Å². The Morgan fingerprint density at radius 2 is 1.92 bits per heavy atom. The van der Waals surface area contributed by atoms with E-state index < -0.39 is 35.6 Å². The highest BCUT2D eigenvalue weighted by Gasteiger charge is 2.20. The van der Waals surface area contributed by atoms with Gasteiger partial charge in [-0.2, -0.15) is 0 Å². The van der Waals surface area contributed by atoms with E-state index in [0.717, 1.165) is 23.8 Å². The molecule has 0 radical (unpaired) electrons. The summed E-state index contributed by atoms with van der Waals surface area (Å²) in [5, 5.41) is 0. The lowest BCUT2D eigenvalue weighted by Gasteiger charge is -2.16. The van der Waals surface area contributed by atoms with Gasteiger partial charge in [0.05, 0.1) is 11.1 Å². The summed E-state index contributed by atoms with van der Waals surface area (Å²) in [6, 6.07) is 9.66. The Morgan fingerprint density at radius 1 is 1.12 bits per heavy atom. The first-order valence-electron chi connectivity index (χ1n) is 7.12. The highest BCUT2D eigenvalue weighted by atomic mass is 19.1. The second-order valence-corrected chi connectivity index (χ2v) is 5.12. The summed E-state index contributed by atoms with van der Waals surface area (Å²) in [6.45, 7) is -0.670. The van der Waals surface area contributed by atoms with E-state index in [-0.39, 0.29) is 12.2 Å². The predicted molar refractivity (Wildman–Crippen MR) is 81.6 cm³/mol. The highest BCUT2D eigenvalue weighted by Crippen LogP contribution is 2.26. The molecule has 4 nitrogen and oxygen atoms in total. The van der Waals surface area contributed by atoms with Gasteiger partial charge in [-0.1, -0.05) is 18.2 Å². The fourth-order valence-corrected chi connectivity index (χ4v) is 2.25. The van der Waals surface area contributed by atoms with Crippen LogP contribution in [0.3, 0.4) is 0 Å². The molecule has 24 heavy (non-hydrogen) atoms. The van der Waals surface area contributed by atoms with E-state index in [1.165, 1.54) is 0 Å². The number of carbonyl (C=O) groups is 2. The van der Waals surface area contributed by atoms with E-state index in [2.05, 4.69) is 0 Å². The summed E-state index contributed by atoms with van der Waals surface area (Å²) in [6.07, 6.45) is 1.61. The number of ether oxygens (including phenoxy) is 2. The van der Waals surface area contributed by atoms with Crippen LogP contribution in [0.2, 0.25) is 0 Å². The third kappa shape index (κ3) is 3.32. The first-order valence-corrected chi connectivity index (χ1v) is 7.12. The van der Waals surface area contributed by atoms with E-state index in [1.807, 2.05) is 6.07 Å². The number of rotatable bonds is 4. The van der Waals surface area contributed by atoms with Crippen molar-refractivity contribution in [3.8, 4) is 5.75 Å². The van der Waals surface area contributed by atoms with Crippen molar-refractivity contribution in [3.63, 3.8) is 0 Å². The molecule has 0 saturated carbocycles. The molecule has 6 heteroatoms. The molecule has 0 N–H and O–H groups in total. The summed E-state index contributed by atoms with van der Waals surface area (Å²) in [4.78, 5) is 23.9. The highest BCUT2D eigenvalue weighted by molar-refractivity contribution is 6.00. The maximum Gasteiger partial charge on any atom is 0.337 e. The molecule has 0 aromatic heterocycles. The summed E-state index contributed by atoms with van der Waals surface area (Å²) in [5.41, 5.74) is 0.501. The average molecular weight is 330 g/mol. The molecule has 1 aliphatic heterocycles. The fraction of sp³-hybridized carbons (Fsp3) is 0.111. The third-order valence-electron chi connectivity index (χ3n) is 3.46. The predicted octanol–water partition coefficient (Wildman–Crippen LogP) is 3.17. The minimum absolute atomic E-state index is 0.0123. The molecule has 2 aromatic rings. The molecule has 2 aromatic carbocycles. The minimum atomic E-state index is -0.869. The number of esters is 1. The van der Waals surface area contributed by atoms with Gasteiger partial charge in [0.25, 0.3) is 0 Å². The van der Waals surface area contributed by atoms with Gasteiger partial charge in [0, 0.05) is 5.56 Å². The van der Waals surface area contributed by atoms with Crippen molar-refractivity contribution in [2.24, 2.45) is 0 Å². The molecule has 0 spiro atoms. The van der Waals surface area contributed by atoms with Crippen molar-refractivity contribution in [3.05, 3.63) is 70.8 Å². The molecule has 0 unspecified atom stereocenters. The molecule has 0 saturated heterocycles. The van der Waals surface area contributed by atoms with Gasteiger partial charge in [-0.25, -0.2) is 13.6 Å².